The molecule has 144 valence electrons. The molecule has 0 saturated carbocycles. The quantitative estimate of drug-likeness (QED) is 0.755. The number of amides is 1. The first kappa shape index (κ1) is 20.5. The van der Waals surface area contributed by atoms with Crippen molar-refractivity contribution in [2.45, 2.75) is 19.4 Å². The summed E-state index contributed by atoms with van der Waals surface area (Å²) in [5.74, 6) is 0.140. The van der Waals surface area contributed by atoms with Gasteiger partial charge >= 0.3 is 12.1 Å². The molecule has 1 N–H and O–H groups in total. The van der Waals surface area contributed by atoms with Gasteiger partial charge in [-0.1, -0.05) is 29.8 Å². The molecule has 0 aromatic heterocycles. The van der Waals surface area contributed by atoms with Crippen molar-refractivity contribution in [3.05, 3.63) is 65.2 Å². The van der Waals surface area contributed by atoms with E-state index >= 15 is 0 Å². The third-order valence-corrected chi connectivity index (χ3v) is 4.11. The lowest BCUT2D eigenvalue weighted by Crippen LogP contribution is -2.25. The third-order valence-electron chi connectivity index (χ3n) is 4.11. The smallest absolute Gasteiger partial charge is 0.414 e. The monoisotopic (exact) mass is 370 g/mol. The molecule has 2 aromatic carbocycles. The number of hydrogen-bond donors (Lipinski definition) is 1. The fourth-order valence-corrected chi connectivity index (χ4v) is 2.51. The summed E-state index contributed by atoms with van der Waals surface area (Å²) in [5.41, 5.74) is 2.59. The summed E-state index contributed by atoms with van der Waals surface area (Å²) in [5, 5.41) is 3.20. The zero-order valence-electron chi connectivity index (χ0n) is 16.2. The van der Waals surface area contributed by atoms with Crippen molar-refractivity contribution in [1.29, 1.82) is 0 Å². The van der Waals surface area contributed by atoms with E-state index < -0.39 is 6.09 Å². The van der Waals surface area contributed by atoms with Crippen molar-refractivity contribution in [3.8, 4) is 5.75 Å². The predicted octanol–water partition coefficient (Wildman–Crippen LogP) is 3.56. The number of benzene rings is 2. The summed E-state index contributed by atoms with van der Waals surface area (Å²) in [4.78, 5) is 25.2. The van der Waals surface area contributed by atoms with Crippen LogP contribution >= 0.6 is 0 Å². The van der Waals surface area contributed by atoms with Crippen LogP contribution in [0.5, 0.6) is 5.75 Å². The first-order valence-electron chi connectivity index (χ1n) is 8.81. The van der Waals surface area contributed by atoms with Gasteiger partial charge in [-0.25, -0.2) is 9.59 Å². The number of nitrogens with zero attached hydrogens (tertiary/aromatic N) is 1. The molecule has 0 fully saturated rings. The lowest BCUT2D eigenvalue weighted by Gasteiger charge is -2.18. The molecule has 0 bridgehead atoms. The van der Waals surface area contributed by atoms with Crippen molar-refractivity contribution in [2.24, 2.45) is 0 Å². The Labute approximate surface area is 160 Å². The Morgan fingerprint density at radius 3 is 2.44 bits per heavy atom. The fourth-order valence-electron chi connectivity index (χ4n) is 2.51. The standard InChI is InChI=1S/C21H26N2O4/c1-15-8-10-16(11-9-15)20(24)26-13-12-19(22-2)17-6-5-7-18(14-17)27-21(25)23(3)4/h5-11,14,19,22H,12-13H2,1-4H3. The second-order valence-corrected chi connectivity index (χ2v) is 6.47. The summed E-state index contributed by atoms with van der Waals surface area (Å²) >= 11 is 0. The van der Waals surface area contributed by atoms with Crippen molar-refractivity contribution in [3.63, 3.8) is 0 Å². The number of carbonyl (C=O) groups is 2. The number of carbonyl (C=O) groups excluding carboxylic acids is 2. The van der Waals surface area contributed by atoms with Crippen LogP contribution < -0.4 is 10.1 Å². The molecule has 0 spiro atoms. The van der Waals surface area contributed by atoms with Crippen molar-refractivity contribution >= 4 is 12.1 Å². The van der Waals surface area contributed by atoms with Crippen molar-refractivity contribution < 1.29 is 19.1 Å². The highest BCUT2D eigenvalue weighted by Gasteiger charge is 2.14. The Kier molecular flexibility index (Phi) is 7.37. The van der Waals surface area contributed by atoms with Crippen LogP contribution in [0.4, 0.5) is 4.79 Å². The van der Waals surface area contributed by atoms with Gasteiger partial charge in [0.1, 0.15) is 5.75 Å². The Morgan fingerprint density at radius 2 is 1.81 bits per heavy atom. The second kappa shape index (κ2) is 9.73. The number of nitrogens with one attached hydrogen (secondary N) is 1. The van der Waals surface area contributed by atoms with Crippen LogP contribution in [-0.2, 0) is 4.74 Å². The molecule has 2 rings (SSSR count). The molecule has 0 aliphatic rings. The average molecular weight is 370 g/mol. The Bertz CT molecular complexity index is 772. The van der Waals surface area contributed by atoms with E-state index in [0.717, 1.165) is 11.1 Å². The summed E-state index contributed by atoms with van der Waals surface area (Å²) in [6.07, 6.45) is 0.166. The molecular formula is C21H26N2O4. The summed E-state index contributed by atoms with van der Waals surface area (Å²) in [6.45, 7) is 2.25. The molecule has 6 heteroatoms. The highest BCUT2D eigenvalue weighted by molar-refractivity contribution is 5.89. The number of aryl methyl sites for hydroxylation is 1. The van der Waals surface area contributed by atoms with E-state index in [0.29, 0.717) is 17.7 Å². The molecule has 1 atom stereocenters. The zero-order valence-corrected chi connectivity index (χ0v) is 16.2. The largest absolute Gasteiger partial charge is 0.462 e. The van der Waals surface area contributed by atoms with Crippen LogP contribution in [0.1, 0.15) is 33.9 Å². The number of esters is 1. The fraction of sp³-hybridized carbons (Fsp3) is 0.333. The maximum absolute atomic E-state index is 12.1. The highest BCUT2D eigenvalue weighted by atomic mass is 16.6. The zero-order chi connectivity index (χ0) is 19.8. The molecule has 0 aliphatic heterocycles. The minimum Gasteiger partial charge on any atom is -0.462 e. The normalized spacial score (nSPS) is 11.6. The highest BCUT2D eigenvalue weighted by Crippen LogP contribution is 2.22. The number of ether oxygens (including phenoxy) is 2. The first-order chi connectivity index (χ1) is 12.9. The SMILES string of the molecule is CNC(CCOC(=O)c1ccc(C)cc1)c1cccc(OC(=O)N(C)C)c1. The molecular weight excluding hydrogens is 344 g/mol. The van der Waals surface area contributed by atoms with E-state index in [1.807, 2.05) is 44.3 Å². The summed E-state index contributed by atoms with van der Waals surface area (Å²) < 4.78 is 10.7. The maximum atomic E-state index is 12.1. The van der Waals surface area contributed by atoms with E-state index in [4.69, 9.17) is 9.47 Å². The lowest BCUT2D eigenvalue weighted by molar-refractivity contribution is 0.0490. The first-order valence-corrected chi connectivity index (χ1v) is 8.81. The average Bonchev–Trinajstić information content (AvgIpc) is 2.65. The van der Waals surface area contributed by atoms with Crippen LogP contribution in [0.3, 0.4) is 0 Å². The molecule has 0 heterocycles. The van der Waals surface area contributed by atoms with E-state index in [9.17, 15) is 9.59 Å². The van der Waals surface area contributed by atoms with Crippen LogP contribution in [0.25, 0.3) is 0 Å². The van der Waals surface area contributed by atoms with Gasteiger partial charge in [-0.3, -0.25) is 0 Å². The van der Waals surface area contributed by atoms with Gasteiger partial charge in [0.25, 0.3) is 0 Å². The Hall–Kier alpha value is -2.86. The van der Waals surface area contributed by atoms with Gasteiger partial charge in [0.15, 0.2) is 0 Å². The van der Waals surface area contributed by atoms with Gasteiger partial charge < -0.3 is 19.7 Å². The topological polar surface area (TPSA) is 67.9 Å². The Balaban J connectivity index is 1.93. The van der Waals surface area contributed by atoms with E-state index in [2.05, 4.69) is 5.32 Å². The summed E-state index contributed by atoms with van der Waals surface area (Å²) in [6, 6.07) is 14.6. The van der Waals surface area contributed by atoms with Crippen molar-refractivity contribution in [1.82, 2.24) is 10.2 Å². The van der Waals surface area contributed by atoms with Gasteiger partial charge in [0.05, 0.1) is 12.2 Å². The van der Waals surface area contributed by atoms with Crippen LogP contribution in [0.2, 0.25) is 0 Å². The lowest BCUT2D eigenvalue weighted by atomic mass is 10.0. The van der Waals surface area contributed by atoms with E-state index in [-0.39, 0.29) is 18.6 Å². The van der Waals surface area contributed by atoms with Crippen LogP contribution in [-0.4, -0.2) is 44.7 Å². The van der Waals surface area contributed by atoms with Gasteiger partial charge in [-0.2, -0.15) is 0 Å². The molecule has 6 nitrogen and oxygen atoms in total. The number of hydrogen-bond acceptors (Lipinski definition) is 5. The van der Waals surface area contributed by atoms with E-state index in [1.165, 1.54) is 4.90 Å². The third kappa shape index (κ3) is 6.11. The van der Waals surface area contributed by atoms with Crippen molar-refractivity contribution in [2.75, 3.05) is 27.7 Å². The van der Waals surface area contributed by atoms with Gasteiger partial charge in [-0.15, -0.1) is 0 Å². The number of rotatable bonds is 7. The molecule has 1 amide bonds. The Morgan fingerprint density at radius 1 is 1.11 bits per heavy atom. The molecule has 0 radical (unpaired) electrons. The molecule has 0 aliphatic carbocycles. The van der Waals surface area contributed by atoms with Crippen LogP contribution in [0, 0.1) is 6.92 Å². The molecule has 27 heavy (non-hydrogen) atoms. The second-order valence-electron chi connectivity index (χ2n) is 6.47. The van der Waals surface area contributed by atoms with Gasteiger partial charge in [0.2, 0.25) is 0 Å². The minimum atomic E-state index is -0.430. The van der Waals surface area contributed by atoms with Gasteiger partial charge in [0, 0.05) is 26.6 Å². The van der Waals surface area contributed by atoms with Gasteiger partial charge in [-0.05, 0) is 43.8 Å². The molecule has 2 aromatic rings. The summed E-state index contributed by atoms with van der Waals surface area (Å²) in [7, 11) is 5.10. The maximum Gasteiger partial charge on any atom is 0.414 e. The molecule has 0 saturated heterocycles. The predicted molar refractivity (Wildman–Crippen MR) is 104 cm³/mol. The van der Waals surface area contributed by atoms with Crippen LogP contribution in [0.15, 0.2) is 48.5 Å². The van der Waals surface area contributed by atoms with E-state index in [1.54, 1.807) is 32.3 Å². The minimum absolute atomic E-state index is 0.0335. The molecule has 1 unspecified atom stereocenters.